The molecule has 3 nitrogen and oxygen atoms in total. The Bertz CT molecular complexity index is 184. The van der Waals surface area contributed by atoms with E-state index in [1.807, 2.05) is 0 Å². The van der Waals surface area contributed by atoms with E-state index in [1.54, 1.807) is 0 Å². The number of nitrogens with one attached hydrogen (secondary N) is 1. The van der Waals surface area contributed by atoms with E-state index in [4.69, 9.17) is 0 Å². The summed E-state index contributed by atoms with van der Waals surface area (Å²) in [6, 6.07) is 0. The van der Waals surface area contributed by atoms with Gasteiger partial charge in [-0.2, -0.15) is 0 Å². The van der Waals surface area contributed by atoms with Crippen molar-refractivity contribution in [1.29, 1.82) is 0 Å². The van der Waals surface area contributed by atoms with Crippen LogP contribution in [0.15, 0.2) is 0 Å². The first-order valence-corrected chi connectivity index (χ1v) is 6.44. The standard InChI is InChI=1S/C12H24N2O/c15-12(5-1-2-6-12)11-13-7-10-14-8-3-4-9-14/h13,15H,1-11H2. The highest BCUT2D eigenvalue weighted by Gasteiger charge is 2.30. The molecule has 0 unspecified atom stereocenters. The largest absolute Gasteiger partial charge is 0.389 e. The van der Waals surface area contributed by atoms with Gasteiger partial charge in [-0.15, -0.1) is 0 Å². The van der Waals surface area contributed by atoms with Crippen molar-refractivity contribution in [2.45, 2.75) is 44.1 Å². The average molecular weight is 212 g/mol. The third-order valence-electron chi connectivity index (χ3n) is 3.79. The SMILES string of the molecule is OC1(CNCCN2CCCC2)CCCC1. The smallest absolute Gasteiger partial charge is 0.0771 e. The molecular formula is C12H24N2O. The molecule has 1 saturated heterocycles. The van der Waals surface area contributed by atoms with Crippen molar-refractivity contribution in [2.75, 3.05) is 32.7 Å². The second kappa shape index (κ2) is 5.28. The van der Waals surface area contributed by atoms with Crippen molar-refractivity contribution in [1.82, 2.24) is 10.2 Å². The summed E-state index contributed by atoms with van der Waals surface area (Å²) in [5, 5.41) is 13.5. The molecule has 2 aliphatic rings. The highest BCUT2D eigenvalue weighted by molar-refractivity contribution is 4.86. The molecule has 0 amide bonds. The Morgan fingerprint density at radius 2 is 1.73 bits per heavy atom. The molecule has 0 atom stereocenters. The van der Waals surface area contributed by atoms with Crippen LogP contribution in [0.4, 0.5) is 0 Å². The summed E-state index contributed by atoms with van der Waals surface area (Å²) in [7, 11) is 0. The van der Waals surface area contributed by atoms with Crippen LogP contribution in [-0.2, 0) is 0 Å². The van der Waals surface area contributed by atoms with Crippen LogP contribution in [0, 0.1) is 0 Å². The second-order valence-electron chi connectivity index (χ2n) is 5.16. The van der Waals surface area contributed by atoms with Gasteiger partial charge in [-0.3, -0.25) is 0 Å². The third-order valence-corrected chi connectivity index (χ3v) is 3.79. The first kappa shape index (κ1) is 11.4. The predicted molar refractivity (Wildman–Crippen MR) is 62.0 cm³/mol. The van der Waals surface area contributed by atoms with Gasteiger partial charge in [0.05, 0.1) is 5.60 Å². The summed E-state index contributed by atoms with van der Waals surface area (Å²) in [4.78, 5) is 2.51. The lowest BCUT2D eigenvalue weighted by Crippen LogP contribution is -2.40. The fraction of sp³-hybridized carbons (Fsp3) is 1.00. The number of hydrogen-bond acceptors (Lipinski definition) is 3. The van der Waals surface area contributed by atoms with Gasteiger partial charge in [0.1, 0.15) is 0 Å². The molecule has 0 aromatic carbocycles. The van der Waals surface area contributed by atoms with Gasteiger partial charge < -0.3 is 15.3 Å². The zero-order valence-corrected chi connectivity index (χ0v) is 9.67. The van der Waals surface area contributed by atoms with Gasteiger partial charge in [0.15, 0.2) is 0 Å². The second-order valence-corrected chi connectivity index (χ2v) is 5.16. The van der Waals surface area contributed by atoms with Gasteiger partial charge >= 0.3 is 0 Å². The van der Waals surface area contributed by atoms with Crippen LogP contribution < -0.4 is 5.32 Å². The lowest BCUT2D eigenvalue weighted by molar-refractivity contribution is 0.0474. The molecule has 2 N–H and O–H groups in total. The third kappa shape index (κ3) is 3.44. The lowest BCUT2D eigenvalue weighted by Gasteiger charge is -2.23. The summed E-state index contributed by atoms with van der Waals surface area (Å²) in [6.07, 6.45) is 7.11. The molecule has 0 aromatic heterocycles. The van der Waals surface area contributed by atoms with Crippen molar-refractivity contribution >= 4 is 0 Å². The molecule has 0 radical (unpaired) electrons. The van der Waals surface area contributed by atoms with Gasteiger partial charge in [-0.05, 0) is 38.8 Å². The number of rotatable bonds is 5. The molecular weight excluding hydrogens is 188 g/mol. The minimum atomic E-state index is -0.384. The van der Waals surface area contributed by atoms with Gasteiger partial charge in [0, 0.05) is 19.6 Å². The molecule has 0 spiro atoms. The highest BCUT2D eigenvalue weighted by atomic mass is 16.3. The van der Waals surface area contributed by atoms with E-state index in [0.717, 1.165) is 32.5 Å². The number of hydrogen-bond donors (Lipinski definition) is 2. The topological polar surface area (TPSA) is 35.5 Å². The maximum Gasteiger partial charge on any atom is 0.0771 e. The molecule has 1 heterocycles. The molecule has 2 fully saturated rings. The molecule has 0 aromatic rings. The van der Waals surface area contributed by atoms with Gasteiger partial charge in [-0.25, -0.2) is 0 Å². The van der Waals surface area contributed by atoms with Crippen LogP contribution >= 0.6 is 0 Å². The quantitative estimate of drug-likeness (QED) is 0.667. The first-order valence-electron chi connectivity index (χ1n) is 6.44. The summed E-state index contributed by atoms with van der Waals surface area (Å²) in [5.74, 6) is 0. The van der Waals surface area contributed by atoms with Gasteiger partial charge in [0.2, 0.25) is 0 Å². The van der Waals surface area contributed by atoms with Gasteiger partial charge in [0.25, 0.3) is 0 Å². The number of nitrogens with zero attached hydrogens (tertiary/aromatic N) is 1. The summed E-state index contributed by atoms with van der Waals surface area (Å²) in [6.45, 7) is 5.51. The van der Waals surface area contributed by atoms with E-state index in [9.17, 15) is 5.11 Å². The van der Waals surface area contributed by atoms with Crippen molar-refractivity contribution in [2.24, 2.45) is 0 Å². The minimum Gasteiger partial charge on any atom is -0.389 e. The number of aliphatic hydroxyl groups is 1. The molecule has 1 aliphatic carbocycles. The van der Waals surface area contributed by atoms with Crippen molar-refractivity contribution < 1.29 is 5.11 Å². The van der Waals surface area contributed by atoms with E-state index >= 15 is 0 Å². The Morgan fingerprint density at radius 1 is 1.07 bits per heavy atom. The molecule has 1 aliphatic heterocycles. The van der Waals surface area contributed by atoms with Crippen LogP contribution in [0.2, 0.25) is 0 Å². The zero-order valence-electron chi connectivity index (χ0n) is 9.67. The molecule has 3 heteroatoms. The lowest BCUT2D eigenvalue weighted by atomic mass is 10.0. The maximum atomic E-state index is 10.1. The molecule has 2 rings (SSSR count). The first-order chi connectivity index (χ1) is 7.29. The maximum absolute atomic E-state index is 10.1. The van der Waals surface area contributed by atoms with E-state index in [1.165, 1.54) is 38.8 Å². The molecule has 0 bridgehead atoms. The van der Waals surface area contributed by atoms with Crippen LogP contribution in [0.3, 0.4) is 0 Å². The Kier molecular flexibility index (Phi) is 4.00. The Hall–Kier alpha value is -0.120. The van der Waals surface area contributed by atoms with E-state index in [0.29, 0.717) is 0 Å². The van der Waals surface area contributed by atoms with Crippen LogP contribution in [0.25, 0.3) is 0 Å². The van der Waals surface area contributed by atoms with Crippen LogP contribution in [0.1, 0.15) is 38.5 Å². The van der Waals surface area contributed by atoms with Crippen LogP contribution in [0.5, 0.6) is 0 Å². The van der Waals surface area contributed by atoms with Crippen LogP contribution in [-0.4, -0.2) is 48.3 Å². The van der Waals surface area contributed by atoms with E-state index in [2.05, 4.69) is 10.2 Å². The van der Waals surface area contributed by atoms with E-state index < -0.39 is 0 Å². The monoisotopic (exact) mass is 212 g/mol. The fourth-order valence-electron chi connectivity index (χ4n) is 2.77. The Labute approximate surface area is 92.8 Å². The molecule has 15 heavy (non-hydrogen) atoms. The normalized spacial score (nSPS) is 26.2. The van der Waals surface area contributed by atoms with Crippen molar-refractivity contribution in [3.8, 4) is 0 Å². The van der Waals surface area contributed by atoms with Crippen molar-refractivity contribution in [3.05, 3.63) is 0 Å². The number of likely N-dealkylation sites (tertiary alicyclic amines) is 1. The van der Waals surface area contributed by atoms with Crippen molar-refractivity contribution in [3.63, 3.8) is 0 Å². The minimum absolute atomic E-state index is 0.384. The predicted octanol–water partition coefficient (Wildman–Crippen LogP) is 0.977. The summed E-state index contributed by atoms with van der Waals surface area (Å²) >= 11 is 0. The summed E-state index contributed by atoms with van der Waals surface area (Å²) < 4.78 is 0. The molecule has 1 saturated carbocycles. The molecule has 88 valence electrons. The van der Waals surface area contributed by atoms with Gasteiger partial charge in [-0.1, -0.05) is 12.8 Å². The zero-order chi connectivity index (χ0) is 10.6. The Morgan fingerprint density at radius 3 is 2.40 bits per heavy atom. The van der Waals surface area contributed by atoms with E-state index in [-0.39, 0.29) is 5.60 Å². The Balaban J connectivity index is 1.54. The average Bonchev–Trinajstić information content (AvgIpc) is 2.84. The highest BCUT2D eigenvalue weighted by Crippen LogP contribution is 2.28. The fourth-order valence-corrected chi connectivity index (χ4v) is 2.77. The summed E-state index contributed by atoms with van der Waals surface area (Å²) in [5.41, 5.74) is -0.384.